The molecule has 1 aliphatic carbocycles. The highest BCUT2D eigenvalue weighted by atomic mass is 31.1. The number of ether oxygens (including phenoxy) is 6. The zero-order chi connectivity index (χ0) is 35.1. The standard InChI is InChI=1S/C42H42O6P2/c1-43-34-27-28-35(49(30-19-11-7-12-20-30)31-21-13-8-14-22-31)37(39(34)44-2)38-36(29-42(47-5,48-6)41(46-4)40(38)45-3)50(32-23-15-9-16-24-32)33-25-17-10-18-26-33/h7-29,38H,1-6H3. The fourth-order valence-electron chi connectivity index (χ4n) is 6.69. The van der Waals surface area contributed by atoms with Gasteiger partial charge in [0.05, 0.1) is 34.4 Å². The molecule has 0 saturated heterocycles. The molecule has 0 spiro atoms. The maximum absolute atomic E-state index is 6.47. The van der Waals surface area contributed by atoms with Gasteiger partial charge < -0.3 is 28.4 Å². The Kier molecular flexibility index (Phi) is 11.4. The Hall–Kier alpha value is -4.44. The van der Waals surface area contributed by atoms with Crippen molar-refractivity contribution in [1.29, 1.82) is 0 Å². The van der Waals surface area contributed by atoms with Crippen molar-refractivity contribution in [1.82, 2.24) is 0 Å². The molecule has 0 fully saturated rings. The van der Waals surface area contributed by atoms with Gasteiger partial charge in [0.25, 0.3) is 5.79 Å². The van der Waals surface area contributed by atoms with Crippen molar-refractivity contribution >= 4 is 42.4 Å². The van der Waals surface area contributed by atoms with Gasteiger partial charge in [0.15, 0.2) is 23.0 Å². The van der Waals surface area contributed by atoms with Crippen LogP contribution >= 0.6 is 15.8 Å². The van der Waals surface area contributed by atoms with Crippen LogP contribution in [0.4, 0.5) is 0 Å². The van der Waals surface area contributed by atoms with Gasteiger partial charge in [-0.1, -0.05) is 121 Å². The molecule has 5 aromatic rings. The lowest BCUT2D eigenvalue weighted by molar-refractivity contribution is -0.170. The number of benzene rings is 5. The second-order valence-electron chi connectivity index (χ2n) is 11.4. The predicted molar refractivity (Wildman–Crippen MR) is 206 cm³/mol. The molecule has 256 valence electrons. The van der Waals surface area contributed by atoms with Gasteiger partial charge in [-0.25, -0.2) is 0 Å². The monoisotopic (exact) mass is 704 g/mol. The first kappa shape index (κ1) is 35.4. The largest absolute Gasteiger partial charge is 0.496 e. The van der Waals surface area contributed by atoms with Crippen LogP contribution in [0.2, 0.25) is 0 Å². The van der Waals surface area contributed by atoms with Crippen molar-refractivity contribution in [3.8, 4) is 11.5 Å². The summed E-state index contributed by atoms with van der Waals surface area (Å²) in [5, 5.41) is 6.89. The van der Waals surface area contributed by atoms with E-state index in [4.69, 9.17) is 28.4 Å². The van der Waals surface area contributed by atoms with Crippen molar-refractivity contribution in [2.45, 2.75) is 11.7 Å². The van der Waals surface area contributed by atoms with Crippen molar-refractivity contribution in [2.75, 3.05) is 42.7 Å². The lowest BCUT2D eigenvalue weighted by atomic mass is 9.88. The van der Waals surface area contributed by atoms with Crippen molar-refractivity contribution in [2.24, 2.45) is 0 Å². The molecule has 0 heterocycles. The van der Waals surface area contributed by atoms with E-state index in [2.05, 4.69) is 121 Å². The second-order valence-corrected chi connectivity index (χ2v) is 15.8. The minimum atomic E-state index is -1.36. The first-order chi connectivity index (χ1) is 24.5. The summed E-state index contributed by atoms with van der Waals surface area (Å²) < 4.78 is 37.5. The maximum Gasteiger partial charge on any atom is 0.251 e. The summed E-state index contributed by atoms with van der Waals surface area (Å²) in [7, 11) is 7.64. The molecule has 0 radical (unpaired) electrons. The van der Waals surface area contributed by atoms with Crippen LogP contribution in [0.5, 0.6) is 11.5 Å². The summed E-state index contributed by atoms with van der Waals surface area (Å²) in [6, 6.07) is 46.6. The molecule has 1 unspecified atom stereocenters. The zero-order valence-corrected chi connectivity index (χ0v) is 31.0. The lowest BCUT2D eigenvalue weighted by Crippen LogP contribution is -2.41. The zero-order valence-electron chi connectivity index (χ0n) is 29.2. The van der Waals surface area contributed by atoms with Gasteiger partial charge in [-0.2, -0.15) is 0 Å². The Balaban J connectivity index is 1.77. The maximum atomic E-state index is 6.47. The van der Waals surface area contributed by atoms with Crippen molar-refractivity contribution < 1.29 is 28.4 Å². The average Bonchev–Trinajstić information content (AvgIpc) is 3.19. The van der Waals surface area contributed by atoms with Crippen molar-refractivity contribution in [3.05, 3.63) is 162 Å². The summed E-state index contributed by atoms with van der Waals surface area (Å²) in [6.07, 6.45) is 2.08. The Bertz CT molecular complexity index is 1850. The molecule has 5 aromatic carbocycles. The number of methoxy groups -OCH3 is 6. The minimum Gasteiger partial charge on any atom is -0.496 e. The summed E-state index contributed by atoms with van der Waals surface area (Å²) in [5.41, 5.74) is 0.934. The van der Waals surface area contributed by atoms with E-state index in [1.165, 1.54) is 21.2 Å². The van der Waals surface area contributed by atoms with Gasteiger partial charge in [-0.05, 0) is 65.9 Å². The fourth-order valence-corrected chi connectivity index (χ4v) is 11.8. The SMILES string of the molecule is COC1=C(OC)C(OC)(OC)C=C(P(c2ccccc2)c2ccccc2)C1c1c(P(c2ccccc2)c2ccccc2)ccc(OC)c1OC. The average molecular weight is 705 g/mol. The van der Waals surface area contributed by atoms with Crippen LogP contribution in [0.15, 0.2) is 156 Å². The summed E-state index contributed by atoms with van der Waals surface area (Å²) in [5.74, 6) is 0.397. The molecule has 6 nitrogen and oxygen atoms in total. The predicted octanol–water partition coefficient (Wildman–Crippen LogP) is 7.07. The lowest BCUT2D eigenvalue weighted by Gasteiger charge is -2.41. The first-order valence-corrected chi connectivity index (χ1v) is 18.9. The Morgan fingerprint density at radius 2 is 0.940 bits per heavy atom. The summed E-state index contributed by atoms with van der Waals surface area (Å²) >= 11 is 0. The van der Waals surface area contributed by atoms with Crippen LogP contribution in [-0.4, -0.2) is 48.4 Å². The minimum absolute atomic E-state index is 0.425. The highest BCUT2D eigenvalue weighted by Gasteiger charge is 2.49. The van der Waals surface area contributed by atoms with E-state index in [1.54, 1.807) is 42.7 Å². The van der Waals surface area contributed by atoms with Crippen LogP contribution in [0.1, 0.15) is 11.5 Å². The van der Waals surface area contributed by atoms with E-state index < -0.39 is 27.5 Å². The number of hydrogen-bond donors (Lipinski definition) is 0. The fraction of sp³-hybridized carbons (Fsp3) is 0.190. The van der Waals surface area contributed by atoms with E-state index in [1.807, 2.05) is 18.2 Å². The van der Waals surface area contributed by atoms with Crippen LogP contribution in [-0.2, 0) is 18.9 Å². The number of allylic oxidation sites excluding steroid dienone is 1. The number of rotatable bonds is 13. The summed E-state index contributed by atoms with van der Waals surface area (Å²) in [4.78, 5) is 0. The van der Waals surface area contributed by atoms with Crippen LogP contribution in [0.25, 0.3) is 0 Å². The first-order valence-electron chi connectivity index (χ1n) is 16.3. The topological polar surface area (TPSA) is 55.4 Å². The normalized spacial score (nSPS) is 15.5. The molecular weight excluding hydrogens is 662 g/mol. The molecular formula is C42H42O6P2. The molecule has 8 heteroatoms. The van der Waals surface area contributed by atoms with E-state index in [9.17, 15) is 0 Å². The number of hydrogen-bond acceptors (Lipinski definition) is 6. The summed E-state index contributed by atoms with van der Waals surface area (Å²) in [6.45, 7) is 0. The third kappa shape index (κ3) is 6.57. The van der Waals surface area contributed by atoms with E-state index in [0.29, 0.717) is 23.0 Å². The van der Waals surface area contributed by atoms with Crippen LogP contribution in [0.3, 0.4) is 0 Å². The molecule has 0 bridgehead atoms. The van der Waals surface area contributed by atoms with E-state index in [0.717, 1.165) is 16.2 Å². The third-order valence-corrected chi connectivity index (χ3v) is 13.9. The van der Waals surface area contributed by atoms with Gasteiger partial charge in [-0.15, -0.1) is 0 Å². The molecule has 1 aliphatic rings. The third-order valence-electron chi connectivity index (χ3n) is 8.87. The quantitative estimate of drug-likeness (QED) is 0.0967. The van der Waals surface area contributed by atoms with E-state index in [-0.39, 0.29) is 0 Å². The molecule has 1 atom stereocenters. The molecule has 0 aliphatic heterocycles. The van der Waals surface area contributed by atoms with Gasteiger partial charge in [0.2, 0.25) is 0 Å². The highest BCUT2D eigenvalue weighted by molar-refractivity contribution is 7.80. The van der Waals surface area contributed by atoms with Crippen LogP contribution in [0, 0.1) is 0 Å². The Morgan fingerprint density at radius 3 is 1.32 bits per heavy atom. The molecule has 0 saturated carbocycles. The molecule has 6 rings (SSSR count). The Morgan fingerprint density at radius 1 is 0.480 bits per heavy atom. The highest BCUT2D eigenvalue weighted by Crippen LogP contribution is 2.59. The molecule has 0 amide bonds. The van der Waals surface area contributed by atoms with Gasteiger partial charge in [-0.3, -0.25) is 0 Å². The molecule has 0 N–H and O–H groups in total. The molecule has 0 aromatic heterocycles. The Labute approximate surface area is 297 Å². The van der Waals surface area contributed by atoms with Gasteiger partial charge in [0, 0.05) is 19.8 Å². The van der Waals surface area contributed by atoms with E-state index >= 15 is 0 Å². The van der Waals surface area contributed by atoms with Gasteiger partial charge in [0.1, 0.15) is 0 Å². The van der Waals surface area contributed by atoms with Gasteiger partial charge >= 0.3 is 0 Å². The second kappa shape index (κ2) is 16.1. The van der Waals surface area contributed by atoms with Crippen LogP contribution < -0.4 is 36.0 Å². The van der Waals surface area contributed by atoms with Crippen molar-refractivity contribution in [3.63, 3.8) is 0 Å². The molecule has 50 heavy (non-hydrogen) atoms. The smallest absolute Gasteiger partial charge is 0.251 e.